The maximum absolute atomic E-state index is 12.2. The summed E-state index contributed by atoms with van der Waals surface area (Å²) in [5.41, 5.74) is 2.38. The summed E-state index contributed by atoms with van der Waals surface area (Å²) in [6, 6.07) is 20.8. The molecule has 0 saturated carbocycles. The molecule has 0 atom stereocenters. The van der Waals surface area contributed by atoms with E-state index in [0.717, 1.165) is 11.4 Å². The molecular weight excluding hydrogens is 248 g/mol. The molecule has 0 spiro atoms. The van der Waals surface area contributed by atoms with Gasteiger partial charge in [-0.3, -0.25) is 4.79 Å². The van der Waals surface area contributed by atoms with Gasteiger partial charge >= 0.3 is 0 Å². The van der Waals surface area contributed by atoms with E-state index >= 15 is 0 Å². The van der Waals surface area contributed by atoms with Crippen LogP contribution in [0.5, 0.6) is 0 Å². The lowest BCUT2D eigenvalue weighted by Gasteiger charge is -2.11. The van der Waals surface area contributed by atoms with Crippen LogP contribution in [0.25, 0.3) is 5.69 Å². The van der Waals surface area contributed by atoms with E-state index in [2.05, 4.69) is 5.32 Å². The second-order valence-corrected chi connectivity index (χ2v) is 4.43. The Balaban J connectivity index is 1.90. The first kappa shape index (κ1) is 12.2. The molecular formula is C17H14N2O. The molecule has 0 aliphatic carbocycles. The minimum Gasteiger partial charge on any atom is -0.322 e. The molecule has 1 heterocycles. The quantitative estimate of drug-likeness (QED) is 0.766. The van der Waals surface area contributed by atoms with Crippen molar-refractivity contribution in [1.29, 1.82) is 0 Å². The molecule has 0 unspecified atom stereocenters. The van der Waals surface area contributed by atoms with Crippen molar-refractivity contribution in [1.82, 2.24) is 4.57 Å². The van der Waals surface area contributed by atoms with Gasteiger partial charge in [0.2, 0.25) is 0 Å². The smallest absolute Gasteiger partial charge is 0.255 e. The highest BCUT2D eigenvalue weighted by molar-refractivity contribution is 6.05. The van der Waals surface area contributed by atoms with Crippen LogP contribution in [0.4, 0.5) is 5.69 Å². The van der Waals surface area contributed by atoms with Gasteiger partial charge in [-0.05, 0) is 36.4 Å². The number of hydrogen-bond acceptors (Lipinski definition) is 1. The van der Waals surface area contributed by atoms with E-state index in [0.29, 0.717) is 5.56 Å². The number of carbonyl (C=O) groups is 1. The summed E-state index contributed by atoms with van der Waals surface area (Å²) in [6.45, 7) is 0. The average molecular weight is 262 g/mol. The third kappa shape index (κ3) is 2.47. The summed E-state index contributed by atoms with van der Waals surface area (Å²) in [7, 11) is 0. The van der Waals surface area contributed by atoms with E-state index in [1.807, 2.05) is 71.6 Å². The number of hydrogen-bond donors (Lipinski definition) is 1. The van der Waals surface area contributed by atoms with E-state index in [-0.39, 0.29) is 5.91 Å². The first-order chi connectivity index (χ1) is 9.84. The second-order valence-electron chi connectivity index (χ2n) is 4.43. The Bertz CT molecular complexity index is 703. The van der Waals surface area contributed by atoms with Gasteiger partial charge in [0.15, 0.2) is 0 Å². The van der Waals surface area contributed by atoms with Crippen molar-refractivity contribution in [2.75, 3.05) is 5.32 Å². The van der Waals surface area contributed by atoms with E-state index in [1.165, 1.54) is 0 Å². The lowest BCUT2D eigenvalue weighted by molar-refractivity contribution is 0.102. The van der Waals surface area contributed by atoms with Gasteiger partial charge in [0.25, 0.3) is 5.91 Å². The molecule has 3 nitrogen and oxygen atoms in total. The third-order valence-corrected chi connectivity index (χ3v) is 3.07. The molecule has 0 fully saturated rings. The number of benzene rings is 2. The number of para-hydroxylation sites is 2. The van der Waals surface area contributed by atoms with Crippen molar-refractivity contribution in [3.05, 3.63) is 84.7 Å². The fourth-order valence-corrected chi connectivity index (χ4v) is 2.08. The van der Waals surface area contributed by atoms with Crippen molar-refractivity contribution in [3.63, 3.8) is 0 Å². The average Bonchev–Trinajstić information content (AvgIpc) is 3.03. The van der Waals surface area contributed by atoms with Gasteiger partial charge in [-0.25, -0.2) is 0 Å². The summed E-state index contributed by atoms with van der Waals surface area (Å²) in [5.74, 6) is -0.106. The van der Waals surface area contributed by atoms with E-state index < -0.39 is 0 Å². The largest absolute Gasteiger partial charge is 0.322 e. The van der Waals surface area contributed by atoms with Crippen LogP contribution in [-0.2, 0) is 0 Å². The number of carbonyl (C=O) groups excluding carboxylic acids is 1. The molecule has 0 bridgehead atoms. The number of rotatable bonds is 3. The van der Waals surface area contributed by atoms with Gasteiger partial charge in [0.1, 0.15) is 0 Å². The first-order valence-electron chi connectivity index (χ1n) is 6.43. The number of aromatic nitrogens is 1. The molecule has 3 rings (SSSR count). The zero-order chi connectivity index (χ0) is 13.8. The minimum atomic E-state index is -0.106. The van der Waals surface area contributed by atoms with Crippen LogP contribution < -0.4 is 5.32 Å². The molecule has 3 heteroatoms. The highest BCUT2D eigenvalue weighted by Crippen LogP contribution is 2.20. The van der Waals surface area contributed by atoms with Gasteiger partial charge in [-0.1, -0.05) is 30.3 Å². The highest BCUT2D eigenvalue weighted by atomic mass is 16.1. The number of nitrogens with zero attached hydrogens (tertiary/aromatic N) is 1. The summed E-state index contributed by atoms with van der Waals surface area (Å²) < 4.78 is 1.97. The lowest BCUT2D eigenvalue weighted by Crippen LogP contribution is -2.13. The van der Waals surface area contributed by atoms with Gasteiger partial charge in [-0.15, -0.1) is 0 Å². The SMILES string of the molecule is O=C(Nc1ccccc1-n1cccc1)c1ccccc1. The zero-order valence-corrected chi connectivity index (χ0v) is 10.9. The van der Waals surface area contributed by atoms with Crippen molar-refractivity contribution in [2.24, 2.45) is 0 Å². The number of nitrogens with one attached hydrogen (secondary N) is 1. The van der Waals surface area contributed by atoms with Gasteiger partial charge in [-0.2, -0.15) is 0 Å². The van der Waals surface area contributed by atoms with Gasteiger partial charge in [0, 0.05) is 18.0 Å². The Kier molecular flexibility index (Phi) is 3.33. The second kappa shape index (κ2) is 5.45. The van der Waals surface area contributed by atoms with E-state index in [1.54, 1.807) is 12.1 Å². The monoisotopic (exact) mass is 262 g/mol. The Hall–Kier alpha value is -2.81. The normalized spacial score (nSPS) is 10.2. The van der Waals surface area contributed by atoms with E-state index in [9.17, 15) is 4.79 Å². The van der Waals surface area contributed by atoms with Gasteiger partial charge in [0.05, 0.1) is 11.4 Å². The summed E-state index contributed by atoms with van der Waals surface area (Å²) in [5, 5.41) is 2.96. The molecule has 2 aromatic carbocycles. The standard InChI is InChI=1S/C17H14N2O/c20-17(14-8-2-1-3-9-14)18-15-10-4-5-11-16(15)19-12-6-7-13-19/h1-13H,(H,18,20). The lowest BCUT2D eigenvalue weighted by atomic mass is 10.2. The maximum Gasteiger partial charge on any atom is 0.255 e. The number of amides is 1. The van der Waals surface area contributed by atoms with Crippen molar-refractivity contribution >= 4 is 11.6 Å². The molecule has 3 aromatic rings. The minimum absolute atomic E-state index is 0.106. The summed E-state index contributed by atoms with van der Waals surface area (Å²) in [4.78, 5) is 12.2. The Morgan fingerprint density at radius 3 is 2.20 bits per heavy atom. The van der Waals surface area contributed by atoms with Crippen molar-refractivity contribution in [3.8, 4) is 5.69 Å². The molecule has 1 aromatic heterocycles. The molecule has 1 amide bonds. The molecule has 1 N–H and O–H groups in total. The summed E-state index contributed by atoms with van der Waals surface area (Å²) >= 11 is 0. The van der Waals surface area contributed by atoms with E-state index in [4.69, 9.17) is 0 Å². The highest BCUT2D eigenvalue weighted by Gasteiger charge is 2.08. The van der Waals surface area contributed by atoms with Crippen molar-refractivity contribution < 1.29 is 4.79 Å². The maximum atomic E-state index is 12.2. The predicted molar refractivity (Wildman–Crippen MR) is 80.2 cm³/mol. The molecule has 0 aliphatic heterocycles. The molecule has 0 aliphatic rings. The molecule has 0 saturated heterocycles. The zero-order valence-electron chi connectivity index (χ0n) is 10.9. The van der Waals surface area contributed by atoms with Crippen LogP contribution >= 0.6 is 0 Å². The first-order valence-corrected chi connectivity index (χ1v) is 6.43. The van der Waals surface area contributed by atoms with Crippen molar-refractivity contribution in [2.45, 2.75) is 0 Å². The summed E-state index contributed by atoms with van der Waals surface area (Å²) in [6.07, 6.45) is 3.90. The third-order valence-electron chi connectivity index (χ3n) is 3.07. The van der Waals surface area contributed by atoms with Crippen LogP contribution in [0, 0.1) is 0 Å². The van der Waals surface area contributed by atoms with Crippen LogP contribution in [0.3, 0.4) is 0 Å². The molecule has 0 radical (unpaired) electrons. The Morgan fingerprint density at radius 2 is 1.45 bits per heavy atom. The van der Waals surface area contributed by atoms with Gasteiger partial charge < -0.3 is 9.88 Å². The fraction of sp³-hybridized carbons (Fsp3) is 0. The molecule has 20 heavy (non-hydrogen) atoms. The number of anilines is 1. The van der Waals surface area contributed by atoms with Crippen LogP contribution in [0.1, 0.15) is 10.4 Å². The Labute approximate surface area is 117 Å². The van der Waals surface area contributed by atoms with Crippen LogP contribution in [-0.4, -0.2) is 10.5 Å². The van der Waals surface area contributed by atoms with Crippen LogP contribution in [0.15, 0.2) is 79.1 Å². The fourth-order valence-electron chi connectivity index (χ4n) is 2.08. The predicted octanol–water partition coefficient (Wildman–Crippen LogP) is 3.73. The topological polar surface area (TPSA) is 34.0 Å². The Morgan fingerprint density at radius 1 is 0.800 bits per heavy atom. The van der Waals surface area contributed by atoms with Crippen LogP contribution in [0.2, 0.25) is 0 Å². The molecule has 98 valence electrons.